The van der Waals surface area contributed by atoms with Crippen LogP contribution in [-0.2, 0) is 6.42 Å². The number of hydrogen-bond acceptors (Lipinski definition) is 4. The zero-order valence-electron chi connectivity index (χ0n) is 8.50. The van der Waals surface area contributed by atoms with Crippen molar-refractivity contribution in [3.05, 3.63) is 52.0 Å². The molecule has 0 unspecified atom stereocenters. The maximum atomic E-state index is 9.32. The van der Waals surface area contributed by atoms with Gasteiger partial charge in [0.2, 0.25) is 0 Å². The maximum Gasteiger partial charge on any atom is 0.176 e. The Bertz CT molecular complexity index is 501. The molecule has 1 aromatic carbocycles. The first-order chi connectivity index (χ1) is 7.79. The molecule has 0 saturated carbocycles. The van der Waals surface area contributed by atoms with E-state index in [-0.39, 0.29) is 0 Å². The van der Waals surface area contributed by atoms with Crippen molar-refractivity contribution in [2.24, 2.45) is 0 Å². The number of benzene rings is 1. The van der Waals surface area contributed by atoms with E-state index in [2.05, 4.69) is 4.98 Å². The van der Waals surface area contributed by atoms with Crippen molar-refractivity contribution in [1.29, 1.82) is 5.26 Å². The molecule has 2 rings (SSSR count). The van der Waals surface area contributed by atoms with Gasteiger partial charge in [-0.25, -0.2) is 4.98 Å². The minimum absolute atomic E-state index is 0.605. The average molecular weight is 230 g/mol. The minimum atomic E-state index is -1.05. The number of aliphatic hydroxyl groups excluding tert-OH is 1. The second-order valence-electron chi connectivity index (χ2n) is 3.35. The van der Waals surface area contributed by atoms with E-state index in [1.54, 1.807) is 12.3 Å². The van der Waals surface area contributed by atoms with Crippen molar-refractivity contribution in [1.82, 2.24) is 4.98 Å². The summed E-state index contributed by atoms with van der Waals surface area (Å²) in [5.41, 5.74) is 1.18. The average Bonchev–Trinajstić information content (AvgIpc) is 2.78. The molecular formula is C12H10N2OS. The molecule has 2 aromatic rings. The van der Waals surface area contributed by atoms with Gasteiger partial charge in [0.1, 0.15) is 0 Å². The molecule has 0 aliphatic heterocycles. The quantitative estimate of drug-likeness (QED) is 0.823. The Morgan fingerprint density at radius 1 is 1.38 bits per heavy atom. The first-order valence-corrected chi connectivity index (χ1v) is 5.67. The van der Waals surface area contributed by atoms with Crippen LogP contribution >= 0.6 is 11.3 Å². The van der Waals surface area contributed by atoms with Gasteiger partial charge in [-0.05, 0) is 5.56 Å². The summed E-state index contributed by atoms with van der Waals surface area (Å²) in [6, 6.07) is 11.8. The fourth-order valence-corrected chi connectivity index (χ4v) is 2.25. The van der Waals surface area contributed by atoms with Gasteiger partial charge in [0.05, 0.1) is 16.0 Å². The molecule has 4 heteroatoms. The Hall–Kier alpha value is -1.70. The van der Waals surface area contributed by atoms with Gasteiger partial charge >= 0.3 is 0 Å². The smallest absolute Gasteiger partial charge is 0.176 e. The lowest BCUT2D eigenvalue weighted by atomic mass is 10.2. The van der Waals surface area contributed by atoms with Crippen LogP contribution < -0.4 is 0 Å². The van der Waals surface area contributed by atoms with Gasteiger partial charge in [-0.1, -0.05) is 30.3 Å². The first kappa shape index (κ1) is 10.8. The van der Waals surface area contributed by atoms with Gasteiger partial charge in [0.15, 0.2) is 6.10 Å². The Labute approximate surface area is 97.6 Å². The lowest BCUT2D eigenvalue weighted by Gasteiger charge is -1.96. The number of rotatable bonds is 3. The van der Waals surface area contributed by atoms with Gasteiger partial charge in [-0.2, -0.15) is 5.26 Å². The fraction of sp³-hybridized carbons (Fsp3) is 0.167. The van der Waals surface area contributed by atoms with Crippen LogP contribution in [0.4, 0.5) is 0 Å². The summed E-state index contributed by atoms with van der Waals surface area (Å²) in [5, 5.41) is 18.8. The predicted molar refractivity (Wildman–Crippen MR) is 61.9 cm³/mol. The van der Waals surface area contributed by atoms with Crippen LogP contribution in [0.1, 0.15) is 21.6 Å². The van der Waals surface area contributed by atoms with Crippen molar-refractivity contribution >= 4 is 11.3 Å². The number of aliphatic hydroxyl groups is 1. The van der Waals surface area contributed by atoms with Crippen LogP contribution in [0.3, 0.4) is 0 Å². The molecule has 1 heterocycles. The number of aromatic nitrogens is 1. The summed E-state index contributed by atoms with van der Waals surface area (Å²) in [5.74, 6) is 0. The van der Waals surface area contributed by atoms with Gasteiger partial charge in [-0.15, -0.1) is 11.3 Å². The van der Waals surface area contributed by atoms with Crippen molar-refractivity contribution in [2.75, 3.05) is 0 Å². The van der Waals surface area contributed by atoms with Crippen molar-refractivity contribution in [2.45, 2.75) is 12.5 Å². The van der Waals surface area contributed by atoms with Crippen LogP contribution in [0.5, 0.6) is 0 Å². The summed E-state index contributed by atoms with van der Waals surface area (Å²) < 4.78 is 0. The molecule has 1 aromatic heterocycles. The molecule has 0 saturated heterocycles. The second kappa shape index (κ2) is 4.88. The Balaban J connectivity index is 2.12. The molecule has 16 heavy (non-hydrogen) atoms. The normalized spacial score (nSPS) is 12.0. The number of nitriles is 1. The van der Waals surface area contributed by atoms with Gasteiger partial charge in [0.25, 0.3) is 0 Å². The van der Waals surface area contributed by atoms with Crippen molar-refractivity contribution < 1.29 is 5.11 Å². The van der Waals surface area contributed by atoms with E-state index in [0.29, 0.717) is 4.88 Å². The molecule has 80 valence electrons. The summed E-state index contributed by atoms with van der Waals surface area (Å²) in [4.78, 5) is 4.79. The van der Waals surface area contributed by atoms with Gasteiger partial charge in [-0.3, -0.25) is 0 Å². The van der Waals surface area contributed by atoms with Crippen molar-refractivity contribution in [3.8, 4) is 6.07 Å². The van der Waals surface area contributed by atoms with Crippen LogP contribution in [0.15, 0.2) is 36.5 Å². The second-order valence-corrected chi connectivity index (χ2v) is 4.50. The minimum Gasteiger partial charge on any atom is -0.373 e. The van der Waals surface area contributed by atoms with Gasteiger partial charge < -0.3 is 5.11 Å². The highest BCUT2D eigenvalue weighted by Gasteiger charge is 2.10. The zero-order valence-corrected chi connectivity index (χ0v) is 9.31. The number of nitrogens with zero attached hydrogens (tertiary/aromatic N) is 2. The standard InChI is InChI=1S/C12H10N2OS/c13-7-10(15)11-8-14-12(16-11)6-9-4-2-1-3-5-9/h1-5,8,10,15H,6H2/t10-/m1/s1. The van der Waals surface area contributed by atoms with E-state index < -0.39 is 6.10 Å². The number of hydrogen-bond donors (Lipinski definition) is 1. The highest BCUT2D eigenvalue weighted by atomic mass is 32.1. The predicted octanol–water partition coefficient (Wildman–Crippen LogP) is 2.29. The monoisotopic (exact) mass is 230 g/mol. The lowest BCUT2D eigenvalue weighted by molar-refractivity contribution is 0.239. The van der Waals surface area contributed by atoms with Gasteiger partial charge in [0, 0.05) is 12.6 Å². The lowest BCUT2D eigenvalue weighted by Crippen LogP contribution is -1.87. The fourth-order valence-electron chi connectivity index (χ4n) is 1.37. The first-order valence-electron chi connectivity index (χ1n) is 4.86. The molecule has 0 bridgehead atoms. The largest absolute Gasteiger partial charge is 0.373 e. The molecular weight excluding hydrogens is 220 g/mol. The summed E-state index contributed by atoms with van der Waals surface area (Å²) >= 11 is 1.38. The van der Waals surface area contributed by atoms with E-state index in [0.717, 1.165) is 11.4 Å². The molecule has 0 fully saturated rings. The molecule has 0 spiro atoms. The maximum absolute atomic E-state index is 9.32. The zero-order chi connectivity index (χ0) is 11.4. The van der Waals surface area contributed by atoms with Crippen LogP contribution in [-0.4, -0.2) is 10.1 Å². The molecule has 0 aliphatic carbocycles. The number of thiazole rings is 1. The van der Waals surface area contributed by atoms with Crippen molar-refractivity contribution in [3.63, 3.8) is 0 Å². The molecule has 3 nitrogen and oxygen atoms in total. The summed E-state index contributed by atoms with van der Waals surface area (Å²) in [7, 11) is 0. The van der Waals surface area contributed by atoms with E-state index in [4.69, 9.17) is 5.26 Å². The molecule has 0 amide bonds. The van der Waals surface area contributed by atoms with E-state index in [9.17, 15) is 5.11 Å². The van der Waals surface area contributed by atoms with E-state index >= 15 is 0 Å². The Morgan fingerprint density at radius 2 is 2.12 bits per heavy atom. The topological polar surface area (TPSA) is 56.9 Å². The van der Waals surface area contributed by atoms with E-state index in [1.807, 2.05) is 30.3 Å². The highest BCUT2D eigenvalue weighted by molar-refractivity contribution is 7.11. The van der Waals surface area contributed by atoms with Crippen LogP contribution in [0.25, 0.3) is 0 Å². The Kier molecular flexibility index (Phi) is 3.30. The SMILES string of the molecule is N#C[C@@H](O)c1cnc(Cc2ccccc2)s1. The Morgan fingerprint density at radius 3 is 2.81 bits per heavy atom. The van der Waals surface area contributed by atoms with Crippen LogP contribution in [0.2, 0.25) is 0 Å². The third kappa shape index (κ3) is 2.45. The third-order valence-electron chi connectivity index (χ3n) is 2.16. The van der Waals surface area contributed by atoms with E-state index in [1.165, 1.54) is 16.9 Å². The molecule has 1 atom stereocenters. The van der Waals surface area contributed by atoms with Crippen LogP contribution in [0, 0.1) is 11.3 Å². The molecule has 0 radical (unpaired) electrons. The molecule has 0 aliphatic rings. The summed E-state index contributed by atoms with van der Waals surface area (Å²) in [6.45, 7) is 0. The third-order valence-corrected chi connectivity index (χ3v) is 3.21. The summed E-state index contributed by atoms with van der Waals surface area (Å²) in [6.07, 6.45) is 1.25. The highest BCUT2D eigenvalue weighted by Crippen LogP contribution is 2.22. The molecule has 1 N–H and O–H groups in total.